The molecule has 1 heterocycles. The molecule has 1 aliphatic heterocycles. The molecule has 4 rings (SSSR count). The zero-order valence-corrected chi connectivity index (χ0v) is 18.3. The van der Waals surface area contributed by atoms with Crippen LogP contribution in [0.1, 0.15) is 35.6 Å². The minimum Gasteiger partial charge on any atom is -0.291 e. The van der Waals surface area contributed by atoms with Crippen LogP contribution >= 0.6 is 0 Å². The van der Waals surface area contributed by atoms with Gasteiger partial charge in [0.25, 0.3) is 0 Å². The SMILES string of the molecule is Cc1ccc(S(=O)(=O)O/N=C2\CCN(Cc3ccccc3)C(c3ccccc3)C2)cc1. The lowest BCUT2D eigenvalue weighted by Crippen LogP contribution is -2.36. The van der Waals surface area contributed by atoms with Crippen molar-refractivity contribution in [3.63, 3.8) is 0 Å². The van der Waals surface area contributed by atoms with Gasteiger partial charge in [0.05, 0.1) is 5.71 Å². The van der Waals surface area contributed by atoms with Crippen molar-refractivity contribution in [3.05, 3.63) is 102 Å². The largest absolute Gasteiger partial charge is 0.358 e. The smallest absolute Gasteiger partial charge is 0.291 e. The Morgan fingerprint density at radius 1 is 0.935 bits per heavy atom. The van der Waals surface area contributed by atoms with Crippen LogP contribution in [0.5, 0.6) is 0 Å². The topological polar surface area (TPSA) is 59.0 Å². The summed E-state index contributed by atoms with van der Waals surface area (Å²) >= 11 is 0. The van der Waals surface area contributed by atoms with Crippen LogP contribution in [0, 0.1) is 6.92 Å². The molecule has 0 aromatic heterocycles. The Morgan fingerprint density at radius 2 is 1.58 bits per heavy atom. The van der Waals surface area contributed by atoms with Crippen LogP contribution in [0.2, 0.25) is 0 Å². The molecule has 31 heavy (non-hydrogen) atoms. The van der Waals surface area contributed by atoms with Crippen LogP contribution < -0.4 is 0 Å². The highest BCUT2D eigenvalue weighted by Crippen LogP contribution is 2.31. The summed E-state index contributed by atoms with van der Waals surface area (Å²) in [7, 11) is -3.92. The summed E-state index contributed by atoms with van der Waals surface area (Å²) in [5.74, 6) is 0. The van der Waals surface area contributed by atoms with Gasteiger partial charge in [0.1, 0.15) is 4.90 Å². The van der Waals surface area contributed by atoms with E-state index in [0.29, 0.717) is 12.8 Å². The third-order valence-electron chi connectivity index (χ3n) is 5.54. The van der Waals surface area contributed by atoms with E-state index in [1.807, 2.05) is 43.3 Å². The van der Waals surface area contributed by atoms with Crippen molar-refractivity contribution in [2.45, 2.75) is 37.2 Å². The van der Waals surface area contributed by atoms with E-state index in [1.165, 1.54) is 11.1 Å². The van der Waals surface area contributed by atoms with E-state index < -0.39 is 10.1 Å². The Morgan fingerprint density at radius 3 is 2.26 bits per heavy atom. The Balaban J connectivity index is 1.52. The highest BCUT2D eigenvalue weighted by molar-refractivity contribution is 7.86. The number of piperidine rings is 1. The molecular formula is C25H26N2O3S. The summed E-state index contributed by atoms with van der Waals surface area (Å²) in [4.78, 5) is 2.53. The number of benzene rings is 3. The first-order chi connectivity index (χ1) is 15.0. The number of aryl methyl sites for hydroxylation is 1. The molecule has 0 saturated carbocycles. The Hall–Kier alpha value is -2.96. The predicted octanol–water partition coefficient (Wildman–Crippen LogP) is 5.09. The molecule has 160 valence electrons. The molecule has 5 nitrogen and oxygen atoms in total. The molecule has 0 bridgehead atoms. The summed E-state index contributed by atoms with van der Waals surface area (Å²) < 4.78 is 30.1. The quantitative estimate of drug-likeness (QED) is 0.507. The summed E-state index contributed by atoms with van der Waals surface area (Å²) in [5.41, 5.74) is 4.19. The average Bonchev–Trinajstić information content (AvgIpc) is 2.80. The molecule has 1 unspecified atom stereocenters. The highest BCUT2D eigenvalue weighted by atomic mass is 32.2. The summed E-state index contributed by atoms with van der Waals surface area (Å²) in [6.45, 7) is 3.52. The van der Waals surface area contributed by atoms with Crippen LogP contribution in [0.3, 0.4) is 0 Å². The number of rotatable bonds is 6. The van der Waals surface area contributed by atoms with Crippen molar-refractivity contribution in [1.29, 1.82) is 0 Å². The van der Waals surface area contributed by atoms with Crippen LogP contribution in [0.4, 0.5) is 0 Å². The van der Waals surface area contributed by atoms with Crippen molar-refractivity contribution >= 4 is 15.8 Å². The lowest BCUT2D eigenvalue weighted by molar-refractivity contribution is 0.180. The molecule has 0 aliphatic carbocycles. The number of oxime groups is 1. The van der Waals surface area contributed by atoms with Crippen LogP contribution in [0.15, 0.2) is 95.0 Å². The first kappa shape index (κ1) is 21.3. The van der Waals surface area contributed by atoms with Gasteiger partial charge in [-0.1, -0.05) is 83.5 Å². The summed E-state index contributed by atoms with van der Waals surface area (Å²) in [5, 5.41) is 4.07. The fourth-order valence-electron chi connectivity index (χ4n) is 3.83. The Kier molecular flexibility index (Phi) is 6.49. The zero-order chi connectivity index (χ0) is 21.7. The highest BCUT2D eigenvalue weighted by Gasteiger charge is 2.28. The average molecular weight is 435 g/mol. The molecule has 3 aromatic rings. The van der Waals surface area contributed by atoms with Crippen molar-refractivity contribution in [2.24, 2.45) is 5.16 Å². The van der Waals surface area contributed by atoms with Gasteiger partial charge in [-0.2, -0.15) is 8.42 Å². The lowest BCUT2D eigenvalue weighted by atomic mass is 9.93. The molecule has 1 fully saturated rings. The molecule has 1 aliphatic rings. The van der Waals surface area contributed by atoms with Gasteiger partial charge in [0.15, 0.2) is 0 Å². The third-order valence-corrected chi connectivity index (χ3v) is 6.66. The Bertz CT molecular complexity index is 1130. The Labute approximate surface area is 184 Å². The van der Waals surface area contributed by atoms with Gasteiger partial charge >= 0.3 is 10.1 Å². The van der Waals surface area contributed by atoms with Crippen LogP contribution in [-0.2, 0) is 20.9 Å². The normalized spacial score (nSPS) is 18.7. The second-order valence-corrected chi connectivity index (χ2v) is 9.36. The van der Waals surface area contributed by atoms with E-state index >= 15 is 0 Å². The second-order valence-electron chi connectivity index (χ2n) is 7.84. The van der Waals surface area contributed by atoms with E-state index in [9.17, 15) is 8.42 Å². The van der Waals surface area contributed by atoms with Crippen molar-refractivity contribution < 1.29 is 12.7 Å². The predicted molar refractivity (Wildman–Crippen MR) is 122 cm³/mol. The maximum atomic E-state index is 12.5. The first-order valence-corrected chi connectivity index (χ1v) is 11.8. The van der Waals surface area contributed by atoms with Crippen molar-refractivity contribution in [2.75, 3.05) is 6.54 Å². The molecule has 0 N–H and O–H groups in total. The van der Waals surface area contributed by atoms with Gasteiger partial charge < -0.3 is 0 Å². The van der Waals surface area contributed by atoms with E-state index in [1.54, 1.807) is 24.3 Å². The summed E-state index contributed by atoms with van der Waals surface area (Å²) in [6, 6.07) is 27.3. The van der Waals surface area contributed by atoms with Gasteiger partial charge in [-0.25, -0.2) is 0 Å². The van der Waals surface area contributed by atoms with E-state index in [0.717, 1.165) is 24.4 Å². The third kappa shape index (κ3) is 5.40. The maximum absolute atomic E-state index is 12.5. The standard InChI is InChI=1S/C25H26N2O3S/c1-20-12-14-24(15-13-20)31(28,29)30-26-23-16-17-27(19-21-8-4-2-5-9-21)25(18-23)22-10-6-3-7-11-22/h2-15,25H,16-19H2,1H3/b26-23+. The van der Waals surface area contributed by atoms with Crippen molar-refractivity contribution in [1.82, 2.24) is 4.90 Å². The number of likely N-dealkylation sites (tertiary alicyclic amines) is 1. The van der Waals surface area contributed by atoms with Gasteiger partial charge in [-0.15, -0.1) is 0 Å². The fourth-order valence-corrected chi connectivity index (χ4v) is 4.59. The van der Waals surface area contributed by atoms with Gasteiger partial charge in [0.2, 0.25) is 0 Å². The van der Waals surface area contributed by atoms with E-state index in [2.05, 4.69) is 34.3 Å². The van der Waals surface area contributed by atoms with Gasteiger partial charge in [-0.3, -0.25) is 9.18 Å². The lowest BCUT2D eigenvalue weighted by Gasteiger charge is -2.36. The first-order valence-electron chi connectivity index (χ1n) is 10.4. The maximum Gasteiger partial charge on any atom is 0.358 e. The number of hydrogen-bond donors (Lipinski definition) is 0. The minimum absolute atomic E-state index is 0.111. The molecule has 0 spiro atoms. The monoisotopic (exact) mass is 434 g/mol. The molecule has 0 amide bonds. The number of hydrogen-bond acceptors (Lipinski definition) is 5. The van der Waals surface area contributed by atoms with Gasteiger partial charge in [0, 0.05) is 32.0 Å². The van der Waals surface area contributed by atoms with E-state index in [4.69, 9.17) is 4.28 Å². The molecule has 0 radical (unpaired) electrons. The summed E-state index contributed by atoms with van der Waals surface area (Å²) in [6.07, 6.45) is 1.29. The van der Waals surface area contributed by atoms with Crippen LogP contribution in [0.25, 0.3) is 0 Å². The minimum atomic E-state index is -3.92. The van der Waals surface area contributed by atoms with Gasteiger partial charge in [-0.05, 0) is 30.2 Å². The van der Waals surface area contributed by atoms with Crippen molar-refractivity contribution in [3.8, 4) is 0 Å². The molecular weight excluding hydrogens is 408 g/mol. The number of nitrogens with zero attached hydrogens (tertiary/aromatic N) is 2. The fraction of sp³-hybridized carbons (Fsp3) is 0.240. The molecule has 3 aromatic carbocycles. The molecule has 6 heteroatoms. The zero-order valence-electron chi connectivity index (χ0n) is 17.5. The molecule has 1 atom stereocenters. The second kappa shape index (κ2) is 9.45. The molecule has 1 saturated heterocycles. The van der Waals surface area contributed by atoms with E-state index in [-0.39, 0.29) is 10.9 Å². The van der Waals surface area contributed by atoms with Crippen LogP contribution in [-0.4, -0.2) is 25.6 Å².